The summed E-state index contributed by atoms with van der Waals surface area (Å²) in [4.78, 5) is 7.19. The number of morpholine rings is 1. The normalized spacial score (nSPS) is 19.5. The van der Waals surface area contributed by atoms with Crippen molar-refractivity contribution in [3.8, 4) is 0 Å². The van der Waals surface area contributed by atoms with Crippen LogP contribution in [0.25, 0.3) is 0 Å². The van der Waals surface area contributed by atoms with E-state index >= 15 is 0 Å². The Morgan fingerprint density at radius 1 is 1.26 bits per heavy atom. The van der Waals surface area contributed by atoms with E-state index in [2.05, 4.69) is 43.2 Å². The summed E-state index contributed by atoms with van der Waals surface area (Å²) in [5.74, 6) is 1.63. The maximum Gasteiger partial charge on any atom is 0.191 e. The molecule has 0 bridgehead atoms. The molecule has 1 atom stereocenters. The van der Waals surface area contributed by atoms with Gasteiger partial charge in [-0.05, 0) is 19.3 Å². The van der Waals surface area contributed by atoms with Gasteiger partial charge in [0.15, 0.2) is 5.96 Å². The fourth-order valence-electron chi connectivity index (χ4n) is 2.69. The molecule has 0 spiro atoms. The van der Waals surface area contributed by atoms with E-state index < -0.39 is 0 Å². The number of nitrogens with zero attached hydrogens (tertiary/aromatic N) is 2. The molecular formula is C17H37IN4O. The SMILES string of the molecule is CCCCCNC(=NCC1CN(CC(C)C)CCO1)NCC.I. The summed E-state index contributed by atoms with van der Waals surface area (Å²) in [6, 6.07) is 0. The van der Waals surface area contributed by atoms with Crippen LogP contribution in [0.2, 0.25) is 0 Å². The number of halogens is 1. The van der Waals surface area contributed by atoms with Gasteiger partial charge in [0.25, 0.3) is 0 Å². The number of unbranched alkanes of at least 4 members (excludes halogenated alkanes) is 2. The Balaban J connectivity index is 0.00000484. The number of nitrogens with one attached hydrogen (secondary N) is 2. The number of ether oxygens (including phenoxy) is 1. The van der Waals surface area contributed by atoms with E-state index in [1.807, 2.05) is 0 Å². The lowest BCUT2D eigenvalue weighted by Gasteiger charge is -2.33. The highest BCUT2D eigenvalue weighted by atomic mass is 127. The number of hydrogen-bond acceptors (Lipinski definition) is 3. The summed E-state index contributed by atoms with van der Waals surface area (Å²) in [6.07, 6.45) is 3.93. The van der Waals surface area contributed by atoms with Crippen molar-refractivity contribution in [2.45, 2.75) is 53.1 Å². The van der Waals surface area contributed by atoms with Gasteiger partial charge < -0.3 is 15.4 Å². The average molecular weight is 440 g/mol. The lowest BCUT2D eigenvalue weighted by molar-refractivity contribution is -0.0261. The lowest BCUT2D eigenvalue weighted by atomic mass is 10.2. The summed E-state index contributed by atoms with van der Waals surface area (Å²) < 4.78 is 5.86. The standard InChI is InChI=1S/C17H36N4O.HI/c1-5-7-8-9-19-17(18-6-2)20-12-16-14-21(10-11-22-16)13-15(3)4;/h15-16H,5-14H2,1-4H3,(H2,18,19,20);1H. The first kappa shape index (κ1) is 22.9. The maximum atomic E-state index is 5.86. The van der Waals surface area contributed by atoms with Crippen LogP contribution in [0.15, 0.2) is 4.99 Å². The van der Waals surface area contributed by atoms with Gasteiger partial charge in [-0.25, -0.2) is 0 Å². The van der Waals surface area contributed by atoms with Crippen LogP contribution < -0.4 is 10.6 Å². The second-order valence-corrected chi connectivity index (χ2v) is 6.50. The van der Waals surface area contributed by atoms with Gasteiger partial charge in [-0.1, -0.05) is 33.6 Å². The van der Waals surface area contributed by atoms with E-state index in [0.717, 1.165) is 51.8 Å². The molecule has 1 heterocycles. The van der Waals surface area contributed by atoms with Crippen molar-refractivity contribution in [1.29, 1.82) is 0 Å². The van der Waals surface area contributed by atoms with Crippen LogP contribution in [0.4, 0.5) is 0 Å². The quantitative estimate of drug-likeness (QED) is 0.251. The minimum atomic E-state index is 0. The van der Waals surface area contributed by atoms with Gasteiger partial charge in [0.1, 0.15) is 0 Å². The molecule has 1 fully saturated rings. The molecule has 0 radical (unpaired) electrons. The first-order valence-electron chi connectivity index (χ1n) is 9.01. The molecule has 138 valence electrons. The van der Waals surface area contributed by atoms with Crippen molar-refractivity contribution < 1.29 is 4.74 Å². The van der Waals surface area contributed by atoms with E-state index in [0.29, 0.717) is 5.92 Å². The zero-order valence-corrected chi connectivity index (χ0v) is 17.8. The molecule has 0 aromatic carbocycles. The van der Waals surface area contributed by atoms with Crippen molar-refractivity contribution in [1.82, 2.24) is 15.5 Å². The van der Waals surface area contributed by atoms with Crippen molar-refractivity contribution in [2.24, 2.45) is 10.9 Å². The number of aliphatic imine (C=N–C) groups is 1. The topological polar surface area (TPSA) is 48.9 Å². The first-order valence-corrected chi connectivity index (χ1v) is 9.01. The third-order valence-electron chi connectivity index (χ3n) is 3.72. The van der Waals surface area contributed by atoms with Gasteiger partial charge >= 0.3 is 0 Å². The van der Waals surface area contributed by atoms with Crippen molar-refractivity contribution in [3.63, 3.8) is 0 Å². The molecule has 23 heavy (non-hydrogen) atoms. The Bertz CT molecular complexity index is 313. The molecule has 2 N–H and O–H groups in total. The van der Waals surface area contributed by atoms with Crippen LogP contribution >= 0.6 is 24.0 Å². The molecule has 0 amide bonds. The summed E-state index contributed by atoms with van der Waals surface area (Å²) >= 11 is 0. The molecule has 1 unspecified atom stereocenters. The molecule has 1 aliphatic heterocycles. The maximum absolute atomic E-state index is 5.86. The van der Waals surface area contributed by atoms with E-state index in [9.17, 15) is 0 Å². The van der Waals surface area contributed by atoms with Crippen molar-refractivity contribution in [3.05, 3.63) is 0 Å². The molecule has 0 aliphatic carbocycles. The van der Waals surface area contributed by atoms with Gasteiger partial charge in [-0.15, -0.1) is 24.0 Å². The molecule has 0 aromatic heterocycles. The second-order valence-electron chi connectivity index (χ2n) is 6.50. The van der Waals surface area contributed by atoms with E-state index in [4.69, 9.17) is 9.73 Å². The molecule has 0 saturated carbocycles. The van der Waals surface area contributed by atoms with Gasteiger partial charge in [-0.2, -0.15) is 0 Å². The van der Waals surface area contributed by atoms with Crippen LogP contribution in [-0.2, 0) is 4.74 Å². The van der Waals surface area contributed by atoms with Crippen molar-refractivity contribution >= 4 is 29.9 Å². The smallest absolute Gasteiger partial charge is 0.191 e. The van der Waals surface area contributed by atoms with Crippen LogP contribution in [0, 0.1) is 5.92 Å². The highest BCUT2D eigenvalue weighted by Crippen LogP contribution is 2.08. The fourth-order valence-corrected chi connectivity index (χ4v) is 2.69. The van der Waals surface area contributed by atoms with Crippen LogP contribution in [0.5, 0.6) is 0 Å². The number of guanidine groups is 1. The van der Waals surface area contributed by atoms with Crippen LogP contribution in [0.3, 0.4) is 0 Å². The summed E-state index contributed by atoms with van der Waals surface area (Å²) in [5.41, 5.74) is 0. The highest BCUT2D eigenvalue weighted by molar-refractivity contribution is 14.0. The summed E-state index contributed by atoms with van der Waals surface area (Å²) in [5, 5.41) is 6.72. The average Bonchev–Trinajstić information content (AvgIpc) is 2.49. The van der Waals surface area contributed by atoms with Gasteiger partial charge in [0.2, 0.25) is 0 Å². The monoisotopic (exact) mass is 440 g/mol. The third-order valence-corrected chi connectivity index (χ3v) is 3.72. The zero-order chi connectivity index (χ0) is 16.2. The summed E-state index contributed by atoms with van der Waals surface area (Å²) in [6.45, 7) is 15.5. The Morgan fingerprint density at radius 2 is 2.04 bits per heavy atom. The molecule has 5 nitrogen and oxygen atoms in total. The van der Waals surface area contributed by atoms with Gasteiger partial charge in [0, 0.05) is 32.7 Å². The number of rotatable bonds is 9. The highest BCUT2D eigenvalue weighted by Gasteiger charge is 2.20. The predicted molar refractivity (Wildman–Crippen MR) is 110 cm³/mol. The minimum absolute atomic E-state index is 0. The Hall–Kier alpha value is -0.0800. The van der Waals surface area contributed by atoms with Crippen LogP contribution in [-0.4, -0.2) is 62.8 Å². The molecular weight excluding hydrogens is 403 g/mol. The molecule has 6 heteroatoms. The van der Waals surface area contributed by atoms with Gasteiger partial charge in [-0.3, -0.25) is 9.89 Å². The molecule has 1 rings (SSSR count). The lowest BCUT2D eigenvalue weighted by Crippen LogP contribution is -2.46. The predicted octanol–water partition coefficient (Wildman–Crippen LogP) is 2.71. The second kappa shape index (κ2) is 14.3. The van der Waals surface area contributed by atoms with Crippen LogP contribution in [0.1, 0.15) is 47.0 Å². The van der Waals surface area contributed by atoms with E-state index in [-0.39, 0.29) is 30.1 Å². The third kappa shape index (κ3) is 11.2. The van der Waals surface area contributed by atoms with Gasteiger partial charge in [0.05, 0.1) is 19.3 Å². The Labute approximate surface area is 160 Å². The van der Waals surface area contributed by atoms with E-state index in [1.54, 1.807) is 0 Å². The van der Waals surface area contributed by atoms with Crippen molar-refractivity contribution in [2.75, 3.05) is 45.9 Å². The molecule has 0 aromatic rings. The zero-order valence-electron chi connectivity index (χ0n) is 15.4. The fraction of sp³-hybridized carbons (Fsp3) is 0.941. The Kier molecular flexibility index (Phi) is 14.2. The first-order chi connectivity index (χ1) is 10.7. The number of hydrogen-bond donors (Lipinski definition) is 2. The summed E-state index contributed by atoms with van der Waals surface area (Å²) in [7, 11) is 0. The minimum Gasteiger partial charge on any atom is -0.374 e. The molecule has 1 saturated heterocycles. The largest absolute Gasteiger partial charge is 0.374 e. The van der Waals surface area contributed by atoms with E-state index in [1.165, 1.54) is 19.3 Å². The Morgan fingerprint density at radius 3 is 2.70 bits per heavy atom. The molecule has 1 aliphatic rings.